The number of amides is 1. The SMILES string of the molecule is CNC(=O)c1ccc(S(=O)(=O)NCC(O)C(=O)OC)cc1. The van der Waals surface area contributed by atoms with Gasteiger partial charge in [-0.05, 0) is 24.3 Å². The predicted octanol–water partition coefficient (Wildman–Crippen LogP) is -1.14. The van der Waals surface area contributed by atoms with Crippen LogP contribution < -0.4 is 10.0 Å². The topological polar surface area (TPSA) is 122 Å². The largest absolute Gasteiger partial charge is 0.467 e. The van der Waals surface area contributed by atoms with Gasteiger partial charge in [-0.15, -0.1) is 0 Å². The minimum absolute atomic E-state index is 0.0905. The normalized spacial score (nSPS) is 12.5. The third-order valence-electron chi connectivity index (χ3n) is 2.59. The van der Waals surface area contributed by atoms with Crippen LogP contribution in [0.2, 0.25) is 0 Å². The lowest BCUT2D eigenvalue weighted by molar-refractivity contribution is -0.149. The van der Waals surface area contributed by atoms with Crippen LogP contribution in [0.1, 0.15) is 10.4 Å². The van der Waals surface area contributed by atoms with Gasteiger partial charge in [0.05, 0.1) is 12.0 Å². The lowest BCUT2D eigenvalue weighted by Gasteiger charge is -2.10. The van der Waals surface area contributed by atoms with E-state index in [0.717, 1.165) is 7.11 Å². The summed E-state index contributed by atoms with van der Waals surface area (Å²) in [5.41, 5.74) is 0.311. The van der Waals surface area contributed by atoms with Crippen LogP contribution in [0.15, 0.2) is 29.2 Å². The van der Waals surface area contributed by atoms with Crippen LogP contribution in [-0.2, 0) is 19.6 Å². The standard InChI is InChI=1S/C12H16N2O6S/c1-13-11(16)8-3-5-9(6-4-8)21(18,19)14-7-10(15)12(17)20-2/h3-6,10,14-15H,7H2,1-2H3,(H,13,16). The number of benzene rings is 1. The lowest BCUT2D eigenvalue weighted by Crippen LogP contribution is -2.37. The predicted molar refractivity (Wildman–Crippen MR) is 73.0 cm³/mol. The molecule has 0 radical (unpaired) electrons. The number of aliphatic hydroxyl groups excluding tert-OH is 1. The molecule has 0 aliphatic heterocycles. The van der Waals surface area contributed by atoms with Crippen LogP contribution >= 0.6 is 0 Å². The minimum atomic E-state index is -3.90. The quantitative estimate of drug-likeness (QED) is 0.570. The molecule has 1 atom stereocenters. The molecular weight excluding hydrogens is 300 g/mol. The highest BCUT2D eigenvalue weighted by molar-refractivity contribution is 7.89. The van der Waals surface area contributed by atoms with Gasteiger partial charge in [-0.3, -0.25) is 4.79 Å². The molecule has 0 fully saturated rings. The van der Waals surface area contributed by atoms with E-state index in [1.165, 1.54) is 31.3 Å². The highest BCUT2D eigenvalue weighted by atomic mass is 32.2. The van der Waals surface area contributed by atoms with E-state index in [9.17, 15) is 23.1 Å². The molecular formula is C12H16N2O6S. The summed E-state index contributed by atoms with van der Waals surface area (Å²) in [5.74, 6) is -1.28. The molecule has 8 nitrogen and oxygen atoms in total. The smallest absolute Gasteiger partial charge is 0.336 e. The molecule has 1 aromatic carbocycles. The number of rotatable bonds is 6. The Balaban J connectivity index is 2.79. The molecule has 0 aromatic heterocycles. The van der Waals surface area contributed by atoms with Gasteiger partial charge in [0.2, 0.25) is 10.0 Å². The van der Waals surface area contributed by atoms with Gasteiger partial charge >= 0.3 is 5.97 Å². The number of hydrogen-bond donors (Lipinski definition) is 3. The molecule has 0 aliphatic rings. The van der Waals surface area contributed by atoms with Gasteiger partial charge in [-0.1, -0.05) is 0 Å². The number of carbonyl (C=O) groups excluding carboxylic acids is 2. The number of methoxy groups -OCH3 is 1. The van der Waals surface area contributed by atoms with Gasteiger partial charge in [0.25, 0.3) is 5.91 Å². The number of aliphatic hydroxyl groups is 1. The minimum Gasteiger partial charge on any atom is -0.467 e. The van der Waals surface area contributed by atoms with Crippen molar-refractivity contribution in [2.45, 2.75) is 11.0 Å². The molecule has 0 bridgehead atoms. The monoisotopic (exact) mass is 316 g/mol. The molecule has 0 aliphatic carbocycles. The van der Waals surface area contributed by atoms with Gasteiger partial charge in [0, 0.05) is 19.2 Å². The second kappa shape index (κ2) is 7.16. The van der Waals surface area contributed by atoms with Gasteiger partial charge in [0.15, 0.2) is 6.10 Å². The molecule has 1 aromatic rings. The highest BCUT2D eigenvalue weighted by Gasteiger charge is 2.20. The van der Waals surface area contributed by atoms with E-state index in [4.69, 9.17) is 0 Å². The van der Waals surface area contributed by atoms with Crippen LogP contribution in [-0.4, -0.2) is 52.2 Å². The van der Waals surface area contributed by atoms with Crippen molar-refractivity contribution in [2.75, 3.05) is 20.7 Å². The van der Waals surface area contributed by atoms with Crippen molar-refractivity contribution >= 4 is 21.9 Å². The van der Waals surface area contributed by atoms with Crippen LogP contribution in [0, 0.1) is 0 Å². The molecule has 0 saturated heterocycles. The summed E-state index contributed by atoms with van der Waals surface area (Å²) in [6, 6.07) is 5.20. The molecule has 9 heteroatoms. The fourth-order valence-electron chi connectivity index (χ4n) is 1.42. The van der Waals surface area contributed by atoms with Crippen LogP contribution in [0.25, 0.3) is 0 Å². The first-order valence-electron chi connectivity index (χ1n) is 5.89. The van der Waals surface area contributed by atoms with Crippen molar-refractivity contribution in [2.24, 2.45) is 0 Å². The summed E-state index contributed by atoms with van der Waals surface area (Å²) in [4.78, 5) is 22.2. The maximum atomic E-state index is 11.9. The summed E-state index contributed by atoms with van der Waals surface area (Å²) < 4.78 is 30.2. The Bertz CT molecular complexity index is 611. The Hall–Kier alpha value is -1.97. The number of nitrogens with one attached hydrogen (secondary N) is 2. The molecule has 21 heavy (non-hydrogen) atoms. The maximum absolute atomic E-state index is 11.9. The van der Waals surface area contributed by atoms with E-state index < -0.39 is 28.6 Å². The maximum Gasteiger partial charge on any atom is 0.336 e. The second-order valence-electron chi connectivity index (χ2n) is 3.99. The molecule has 0 heterocycles. The third-order valence-corrected chi connectivity index (χ3v) is 4.03. The first-order chi connectivity index (χ1) is 9.81. The van der Waals surface area contributed by atoms with E-state index in [1.807, 2.05) is 0 Å². The van der Waals surface area contributed by atoms with E-state index in [2.05, 4.69) is 14.8 Å². The van der Waals surface area contributed by atoms with Crippen molar-refractivity contribution in [3.05, 3.63) is 29.8 Å². The fraction of sp³-hybridized carbons (Fsp3) is 0.333. The number of carbonyl (C=O) groups is 2. The molecule has 1 rings (SSSR count). The van der Waals surface area contributed by atoms with Crippen molar-refractivity contribution in [3.8, 4) is 0 Å². The van der Waals surface area contributed by atoms with Gasteiger partial charge < -0.3 is 15.2 Å². The number of hydrogen-bond acceptors (Lipinski definition) is 6. The van der Waals surface area contributed by atoms with E-state index in [-0.39, 0.29) is 10.8 Å². The van der Waals surface area contributed by atoms with Crippen LogP contribution in [0.5, 0.6) is 0 Å². The Morgan fingerprint density at radius 1 is 1.29 bits per heavy atom. The van der Waals surface area contributed by atoms with Gasteiger partial charge in [-0.25, -0.2) is 17.9 Å². The fourth-order valence-corrected chi connectivity index (χ4v) is 2.46. The van der Waals surface area contributed by atoms with Crippen LogP contribution in [0.3, 0.4) is 0 Å². The van der Waals surface area contributed by atoms with E-state index in [0.29, 0.717) is 5.56 Å². The molecule has 0 spiro atoms. The van der Waals surface area contributed by atoms with Gasteiger partial charge in [-0.2, -0.15) is 0 Å². The number of ether oxygens (including phenoxy) is 1. The second-order valence-corrected chi connectivity index (χ2v) is 5.76. The molecule has 3 N–H and O–H groups in total. The Kier molecular flexibility index (Phi) is 5.82. The summed E-state index contributed by atoms with van der Waals surface area (Å²) in [5, 5.41) is 11.7. The summed E-state index contributed by atoms with van der Waals surface area (Å²) in [6.45, 7) is -0.508. The van der Waals surface area contributed by atoms with Crippen molar-refractivity contribution in [1.29, 1.82) is 0 Å². The Labute approximate surface area is 122 Å². The Morgan fingerprint density at radius 3 is 2.33 bits per heavy atom. The molecule has 0 saturated carbocycles. The molecule has 1 unspecified atom stereocenters. The zero-order chi connectivity index (χ0) is 16.0. The molecule has 1 amide bonds. The number of sulfonamides is 1. The molecule has 116 valence electrons. The van der Waals surface area contributed by atoms with Crippen molar-refractivity contribution in [1.82, 2.24) is 10.0 Å². The zero-order valence-electron chi connectivity index (χ0n) is 11.5. The average molecular weight is 316 g/mol. The van der Waals surface area contributed by atoms with Gasteiger partial charge in [0.1, 0.15) is 0 Å². The first-order valence-corrected chi connectivity index (χ1v) is 7.38. The zero-order valence-corrected chi connectivity index (χ0v) is 12.3. The first kappa shape index (κ1) is 17.1. The number of esters is 1. The van der Waals surface area contributed by atoms with Crippen LogP contribution in [0.4, 0.5) is 0 Å². The summed E-state index contributed by atoms with van der Waals surface area (Å²) in [7, 11) is -1.35. The van der Waals surface area contributed by atoms with E-state index in [1.54, 1.807) is 0 Å². The summed E-state index contributed by atoms with van der Waals surface area (Å²) >= 11 is 0. The van der Waals surface area contributed by atoms with E-state index >= 15 is 0 Å². The van der Waals surface area contributed by atoms with Crippen molar-refractivity contribution < 1.29 is 27.9 Å². The Morgan fingerprint density at radius 2 is 1.86 bits per heavy atom. The third kappa shape index (κ3) is 4.52. The summed E-state index contributed by atoms with van der Waals surface area (Å²) in [6.07, 6.45) is -1.59. The highest BCUT2D eigenvalue weighted by Crippen LogP contribution is 2.10. The lowest BCUT2D eigenvalue weighted by atomic mass is 10.2. The van der Waals surface area contributed by atoms with Crippen molar-refractivity contribution in [3.63, 3.8) is 0 Å². The average Bonchev–Trinajstić information content (AvgIpc) is 2.51.